The quantitative estimate of drug-likeness (QED) is 0.824. The Labute approximate surface area is 109 Å². The van der Waals surface area contributed by atoms with Gasteiger partial charge >= 0.3 is 12.4 Å². The number of hydrogen-bond acceptors (Lipinski definition) is 2. The van der Waals surface area contributed by atoms with E-state index in [1.165, 1.54) is 0 Å². The van der Waals surface area contributed by atoms with Gasteiger partial charge in [0.15, 0.2) is 5.60 Å². The third-order valence-electron chi connectivity index (χ3n) is 2.63. The Balaban J connectivity index is 3.59. The standard InChI is InChI=1S/C11H9F6NO2/c1-9(20,8(18)19)5-2-6(10(12,13)14)4-7(3-5)11(15,16)17/h2-4,20H,1H3,(H2,18,19). The van der Waals surface area contributed by atoms with Crippen LogP contribution in [0.3, 0.4) is 0 Å². The van der Waals surface area contributed by atoms with Crippen molar-refractivity contribution in [1.82, 2.24) is 0 Å². The SMILES string of the molecule is CC(O)(C(N)=O)c1cc(C(F)(F)F)cc(C(F)(F)F)c1. The van der Waals surface area contributed by atoms with Gasteiger partial charge in [-0.1, -0.05) is 0 Å². The average molecular weight is 301 g/mol. The first-order valence-electron chi connectivity index (χ1n) is 5.08. The summed E-state index contributed by atoms with van der Waals surface area (Å²) in [6, 6.07) is 0.389. The van der Waals surface area contributed by atoms with Crippen LogP contribution in [0.1, 0.15) is 23.6 Å². The topological polar surface area (TPSA) is 63.3 Å². The van der Waals surface area contributed by atoms with Crippen LogP contribution >= 0.6 is 0 Å². The van der Waals surface area contributed by atoms with E-state index in [2.05, 4.69) is 0 Å². The summed E-state index contributed by atoms with van der Waals surface area (Å²) in [5.74, 6) is -1.47. The van der Waals surface area contributed by atoms with Crippen LogP contribution in [0.5, 0.6) is 0 Å². The van der Waals surface area contributed by atoms with Crippen molar-refractivity contribution in [2.75, 3.05) is 0 Å². The highest BCUT2D eigenvalue weighted by Crippen LogP contribution is 2.38. The molecule has 1 unspecified atom stereocenters. The lowest BCUT2D eigenvalue weighted by Crippen LogP contribution is -2.38. The molecule has 0 radical (unpaired) electrons. The second-order valence-electron chi connectivity index (χ2n) is 4.23. The van der Waals surface area contributed by atoms with E-state index in [-0.39, 0.29) is 18.2 Å². The Hall–Kier alpha value is -1.77. The van der Waals surface area contributed by atoms with Gasteiger partial charge in [-0.3, -0.25) is 4.79 Å². The smallest absolute Gasteiger partial charge is 0.376 e. The molecule has 0 aliphatic heterocycles. The number of benzene rings is 1. The first-order valence-corrected chi connectivity index (χ1v) is 5.08. The van der Waals surface area contributed by atoms with Crippen molar-refractivity contribution < 1.29 is 36.2 Å². The Morgan fingerprint density at radius 2 is 1.25 bits per heavy atom. The van der Waals surface area contributed by atoms with Crippen molar-refractivity contribution in [2.24, 2.45) is 5.73 Å². The Morgan fingerprint density at radius 1 is 0.950 bits per heavy atom. The van der Waals surface area contributed by atoms with Gasteiger partial charge in [0, 0.05) is 0 Å². The predicted octanol–water partition coefficient (Wildman–Crippen LogP) is 2.42. The molecule has 1 atom stereocenters. The molecule has 20 heavy (non-hydrogen) atoms. The Kier molecular flexibility index (Phi) is 3.79. The van der Waals surface area contributed by atoms with Gasteiger partial charge < -0.3 is 10.8 Å². The molecule has 0 bridgehead atoms. The second kappa shape index (κ2) is 4.65. The molecular weight excluding hydrogens is 292 g/mol. The summed E-state index contributed by atoms with van der Waals surface area (Å²) in [5.41, 5.74) is -2.04. The van der Waals surface area contributed by atoms with Crippen molar-refractivity contribution in [2.45, 2.75) is 24.9 Å². The number of rotatable bonds is 2. The number of halogens is 6. The molecule has 0 aliphatic carbocycles. The van der Waals surface area contributed by atoms with Crippen molar-refractivity contribution in [3.05, 3.63) is 34.9 Å². The molecule has 0 aliphatic rings. The lowest BCUT2D eigenvalue weighted by molar-refractivity contribution is -0.144. The summed E-state index contributed by atoms with van der Waals surface area (Å²) >= 11 is 0. The highest BCUT2D eigenvalue weighted by atomic mass is 19.4. The van der Waals surface area contributed by atoms with Gasteiger partial charge in [-0.05, 0) is 30.7 Å². The van der Waals surface area contributed by atoms with Gasteiger partial charge in [-0.2, -0.15) is 26.3 Å². The molecule has 112 valence electrons. The molecule has 1 amide bonds. The fourth-order valence-corrected chi connectivity index (χ4v) is 1.38. The minimum absolute atomic E-state index is 0.111. The minimum atomic E-state index is -5.07. The fraction of sp³-hybridized carbons (Fsp3) is 0.364. The molecule has 3 nitrogen and oxygen atoms in total. The number of carbonyl (C=O) groups excluding carboxylic acids is 1. The fourth-order valence-electron chi connectivity index (χ4n) is 1.38. The minimum Gasteiger partial charge on any atom is -0.376 e. The van der Waals surface area contributed by atoms with E-state index >= 15 is 0 Å². The third kappa shape index (κ3) is 3.21. The molecule has 1 aromatic carbocycles. The van der Waals surface area contributed by atoms with Crippen LogP contribution in [-0.4, -0.2) is 11.0 Å². The highest BCUT2D eigenvalue weighted by Gasteiger charge is 2.40. The van der Waals surface area contributed by atoms with Crippen molar-refractivity contribution in [1.29, 1.82) is 0 Å². The van der Waals surface area contributed by atoms with Crippen LogP contribution in [0, 0.1) is 0 Å². The van der Waals surface area contributed by atoms with Gasteiger partial charge in [-0.25, -0.2) is 0 Å². The zero-order valence-corrected chi connectivity index (χ0v) is 9.93. The summed E-state index contributed by atoms with van der Waals surface area (Å²) in [4.78, 5) is 11.0. The molecule has 3 N–H and O–H groups in total. The van der Waals surface area contributed by atoms with Crippen molar-refractivity contribution in [3.63, 3.8) is 0 Å². The Morgan fingerprint density at radius 3 is 1.50 bits per heavy atom. The number of carbonyl (C=O) groups is 1. The predicted molar refractivity (Wildman–Crippen MR) is 55.2 cm³/mol. The number of alkyl halides is 6. The van der Waals surface area contributed by atoms with Gasteiger partial charge in [0.1, 0.15) is 0 Å². The normalized spacial score (nSPS) is 15.8. The summed E-state index contributed by atoms with van der Waals surface area (Å²) < 4.78 is 75.4. The summed E-state index contributed by atoms with van der Waals surface area (Å²) in [6.45, 7) is 0.713. The summed E-state index contributed by atoms with van der Waals surface area (Å²) in [7, 11) is 0. The van der Waals surface area contributed by atoms with Crippen LogP contribution in [-0.2, 0) is 22.7 Å². The van der Waals surface area contributed by atoms with E-state index in [0.29, 0.717) is 6.92 Å². The third-order valence-corrected chi connectivity index (χ3v) is 2.63. The van der Waals surface area contributed by atoms with Crippen LogP contribution in [0.15, 0.2) is 18.2 Å². The zero-order valence-electron chi connectivity index (χ0n) is 9.93. The number of primary amides is 1. The number of aliphatic hydroxyl groups is 1. The second-order valence-corrected chi connectivity index (χ2v) is 4.23. The molecule has 0 fully saturated rings. The highest BCUT2D eigenvalue weighted by molar-refractivity contribution is 5.84. The average Bonchev–Trinajstić information content (AvgIpc) is 2.25. The molecule has 0 saturated heterocycles. The van der Waals surface area contributed by atoms with E-state index in [1.807, 2.05) is 0 Å². The van der Waals surface area contributed by atoms with Crippen LogP contribution in [0.2, 0.25) is 0 Å². The van der Waals surface area contributed by atoms with Crippen molar-refractivity contribution in [3.8, 4) is 0 Å². The van der Waals surface area contributed by atoms with Crippen LogP contribution in [0.4, 0.5) is 26.3 Å². The maximum Gasteiger partial charge on any atom is 0.416 e. The van der Waals surface area contributed by atoms with Gasteiger partial charge in [0.25, 0.3) is 5.91 Å². The van der Waals surface area contributed by atoms with E-state index in [0.717, 1.165) is 0 Å². The van der Waals surface area contributed by atoms with Crippen molar-refractivity contribution >= 4 is 5.91 Å². The first-order chi connectivity index (χ1) is 8.76. The molecule has 1 rings (SSSR count). The zero-order chi connectivity index (χ0) is 15.9. The largest absolute Gasteiger partial charge is 0.416 e. The van der Waals surface area contributed by atoms with Crippen LogP contribution in [0.25, 0.3) is 0 Å². The Bertz CT molecular complexity index is 500. The molecule has 9 heteroatoms. The van der Waals surface area contributed by atoms with Gasteiger partial charge in [0.2, 0.25) is 0 Å². The number of hydrogen-bond donors (Lipinski definition) is 2. The molecule has 0 saturated carbocycles. The van der Waals surface area contributed by atoms with Gasteiger partial charge in [-0.15, -0.1) is 0 Å². The lowest BCUT2D eigenvalue weighted by Gasteiger charge is -2.22. The molecule has 0 aromatic heterocycles. The first kappa shape index (κ1) is 16.3. The summed E-state index contributed by atoms with van der Waals surface area (Å²) in [6.07, 6.45) is -10.1. The molecule has 1 aromatic rings. The lowest BCUT2D eigenvalue weighted by atomic mass is 9.91. The summed E-state index contributed by atoms with van der Waals surface area (Å²) in [5, 5.41) is 9.63. The maximum absolute atomic E-state index is 12.6. The molecular formula is C11H9F6NO2. The number of amides is 1. The number of nitrogens with two attached hydrogens (primary N) is 1. The van der Waals surface area contributed by atoms with E-state index in [9.17, 15) is 36.2 Å². The maximum atomic E-state index is 12.6. The van der Waals surface area contributed by atoms with E-state index < -0.39 is 40.6 Å². The van der Waals surface area contributed by atoms with E-state index in [4.69, 9.17) is 5.73 Å². The van der Waals surface area contributed by atoms with E-state index in [1.54, 1.807) is 0 Å². The monoisotopic (exact) mass is 301 g/mol. The molecule has 0 spiro atoms. The van der Waals surface area contributed by atoms with Crippen LogP contribution < -0.4 is 5.73 Å². The molecule has 0 heterocycles. The van der Waals surface area contributed by atoms with Gasteiger partial charge in [0.05, 0.1) is 11.1 Å².